The molecule has 0 spiro atoms. The smallest absolute Gasteiger partial charge is 0.0949 e. The van der Waals surface area contributed by atoms with Gasteiger partial charge in [-0.15, -0.1) is 0 Å². The molecule has 0 N–H and O–H groups in total. The molecule has 0 saturated carbocycles. The Kier molecular flexibility index (Phi) is 1.65. The van der Waals surface area contributed by atoms with E-state index in [1.54, 1.807) is 0 Å². The van der Waals surface area contributed by atoms with Gasteiger partial charge in [-0.25, -0.2) is 4.98 Å². The standard InChI is InChI=1S/C10H15N3/c1-4-12-5-2-9(1)10(7-12)13-6-3-11-8-13/h3,6,8-10H,1-2,4-5,7H2/t10-/m0/s1. The molecule has 4 heterocycles. The molecule has 3 saturated heterocycles. The van der Waals surface area contributed by atoms with Crippen molar-refractivity contribution in [3.63, 3.8) is 0 Å². The molecular formula is C10H15N3. The van der Waals surface area contributed by atoms with Gasteiger partial charge in [-0.3, -0.25) is 0 Å². The third kappa shape index (κ3) is 1.18. The SMILES string of the molecule is c1cn([C@H]2CN3CCC2CC3)cn1. The molecule has 3 aliphatic heterocycles. The fourth-order valence-corrected chi connectivity index (χ4v) is 2.74. The average Bonchev–Trinajstić information content (AvgIpc) is 2.72. The topological polar surface area (TPSA) is 21.1 Å². The first kappa shape index (κ1) is 7.56. The molecule has 3 heteroatoms. The molecule has 1 aromatic rings. The van der Waals surface area contributed by atoms with E-state index in [1.165, 1.54) is 32.5 Å². The quantitative estimate of drug-likeness (QED) is 0.641. The minimum atomic E-state index is 0.699. The van der Waals surface area contributed by atoms with Crippen molar-refractivity contribution in [3.8, 4) is 0 Å². The molecule has 0 aromatic carbocycles. The van der Waals surface area contributed by atoms with Crippen LogP contribution in [0.1, 0.15) is 18.9 Å². The van der Waals surface area contributed by atoms with Gasteiger partial charge in [0.1, 0.15) is 0 Å². The molecule has 70 valence electrons. The van der Waals surface area contributed by atoms with Crippen LogP contribution in [0.5, 0.6) is 0 Å². The number of aromatic nitrogens is 2. The van der Waals surface area contributed by atoms with Gasteiger partial charge < -0.3 is 9.47 Å². The summed E-state index contributed by atoms with van der Waals surface area (Å²) in [6.07, 6.45) is 8.71. The van der Waals surface area contributed by atoms with Crippen LogP contribution in [0.4, 0.5) is 0 Å². The van der Waals surface area contributed by atoms with E-state index in [1.807, 2.05) is 12.5 Å². The van der Waals surface area contributed by atoms with E-state index in [0.717, 1.165) is 5.92 Å². The lowest BCUT2D eigenvalue weighted by atomic mass is 9.84. The lowest BCUT2D eigenvalue weighted by Crippen LogP contribution is -2.47. The first-order chi connectivity index (χ1) is 6.43. The summed E-state index contributed by atoms with van der Waals surface area (Å²) in [7, 11) is 0. The van der Waals surface area contributed by atoms with Crippen LogP contribution in [0.3, 0.4) is 0 Å². The summed E-state index contributed by atoms with van der Waals surface area (Å²) in [6, 6.07) is 0.699. The Labute approximate surface area is 78.4 Å². The summed E-state index contributed by atoms with van der Waals surface area (Å²) in [6.45, 7) is 3.87. The number of hydrogen-bond donors (Lipinski definition) is 0. The number of hydrogen-bond acceptors (Lipinski definition) is 2. The van der Waals surface area contributed by atoms with Gasteiger partial charge in [0, 0.05) is 18.9 Å². The predicted octanol–water partition coefficient (Wildman–Crippen LogP) is 1.15. The highest BCUT2D eigenvalue weighted by Crippen LogP contribution is 2.35. The zero-order valence-corrected chi connectivity index (χ0v) is 7.76. The Morgan fingerprint density at radius 3 is 2.62 bits per heavy atom. The molecule has 3 aliphatic rings. The maximum absolute atomic E-state index is 4.13. The van der Waals surface area contributed by atoms with Crippen LogP contribution in [0.2, 0.25) is 0 Å². The molecule has 3 nitrogen and oxygen atoms in total. The summed E-state index contributed by atoms with van der Waals surface area (Å²) < 4.78 is 2.29. The Morgan fingerprint density at radius 1 is 1.23 bits per heavy atom. The number of imidazole rings is 1. The van der Waals surface area contributed by atoms with Crippen molar-refractivity contribution in [3.05, 3.63) is 18.7 Å². The maximum atomic E-state index is 4.13. The fraction of sp³-hybridized carbons (Fsp3) is 0.700. The van der Waals surface area contributed by atoms with Crippen molar-refractivity contribution >= 4 is 0 Å². The van der Waals surface area contributed by atoms with Crippen molar-refractivity contribution in [2.75, 3.05) is 19.6 Å². The van der Waals surface area contributed by atoms with E-state index in [-0.39, 0.29) is 0 Å². The number of nitrogens with zero attached hydrogens (tertiary/aromatic N) is 3. The second kappa shape index (κ2) is 2.84. The summed E-state index contributed by atoms with van der Waals surface area (Å²) in [5.74, 6) is 0.902. The second-order valence-electron chi connectivity index (χ2n) is 4.22. The van der Waals surface area contributed by atoms with Crippen LogP contribution in [0, 0.1) is 5.92 Å². The first-order valence-corrected chi connectivity index (χ1v) is 5.13. The average molecular weight is 177 g/mol. The molecule has 3 fully saturated rings. The third-order valence-corrected chi connectivity index (χ3v) is 3.53. The van der Waals surface area contributed by atoms with Crippen LogP contribution in [-0.2, 0) is 0 Å². The van der Waals surface area contributed by atoms with Crippen molar-refractivity contribution < 1.29 is 0 Å². The monoisotopic (exact) mass is 177 g/mol. The molecule has 0 radical (unpaired) electrons. The van der Waals surface area contributed by atoms with E-state index in [2.05, 4.69) is 20.6 Å². The molecule has 13 heavy (non-hydrogen) atoms. The van der Waals surface area contributed by atoms with Gasteiger partial charge in [0.25, 0.3) is 0 Å². The Morgan fingerprint density at radius 2 is 2.08 bits per heavy atom. The van der Waals surface area contributed by atoms with Crippen LogP contribution in [0.15, 0.2) is 18.7 Å². The molecule has 4 rings (SSSR count). The van der Waals surface area contributed by atoms with Crippen LogP contribution in [0.25, 0.3) is 0 Å². The zero-order valence-electron chi connectivity index (χ0n) is 7.76. The number of rotatable bonds is 1. The van der Waals surface area contributed by atoms with Crippen molar-refractivity contribution in [2.45, 2.75) is 18.9 Å². The normalized spacial score (nSPS) is 38.0. The van der Waals surface area contributed by atoms with Gasteiger partial charge in [0.05, 0.1) is 12.4 Å². The van der Waals surface area contributed by atoms with E-state index in [4.69, 9.17) is 0 Å². The number of fused-ring (bicyclic) bond motifs is 3. The largest absolute Gasteiger partial charge is 0.333 e. The van der Waals surface area contributed by atoms with Crippen molar-refractivity contribution in [1.29, 1.82) is 0 Å². The summed E-state index contributed by atoms with van der Waals surface area (Å²) in [5, 5.41) is 0. The van der Waals surface area contributed by atoms with Crippen LogP contribution in [-0.4, -0.2) is 34.1 Å². The van der Waals surface area contributed by atoms with Crippen molar-refractivity contribution in [2.24, 2.45) is 5.92 Å². The summed E-state index contributed by atoms with van der Waals surface area (Å²) in [4.78, 5) is 6.70. The number of piperidine rings is 3. The maximum Gasteiger partial charge on any atom is 0.0949 e. The summed E-state index contributed by atoms with van der Waals surface area (Å²) >= 11 is 0. The van der Waals surface area contributed by atoms with Crippen molar-refractivity contribution in [1.82, 2.24) is 14.5 Å². The first-order valence-electron chi connectivity index (χ1n) is 5.13. The summed E-state index contributed by atoms with van der Waals surface area (Å²) in [5.41, 5.74) is 0. The van der Waals surface area contributed by atoms with Gasteiger partial charge in [0.15, 0.2) is 0 Å². The molecule has 0 amide bonds. The predicted molar refractivity (Wildman–Crippen MR) is 50.4 cm³/mol. The third-order valence-electron chi connectivity index (χ3n) is 3.53. The minimum absolute atomic E-state index is 0.699. The van der Waals surface area contributed by atoms with Gasteiger partial charge >= 0.3 is 0 Å². The highest BCUT2D eigenvalue weighted by Gasteiger charge is 2.34. The second-order valence-corrected chi connectivity index (χ2v) is 4.22. The van der Waals surface area contributed by atoms with E-state index in [9.17, 15) is 0 Å². The fourth-order valence-electron chi connectivity index (χ4n) is 2.74. The van der Waals surface area contributed by atoms with Gasteiger partial charge in [0.2, 0.25) is 0 Å². The Hall–Kier alpha value is -0.830. The van der Waals surface area contributed by atoms with Crippen LogP contribution < -0.4 is 0 Å². The molecular weight excluding hydrogens is 162 g/mol. The van der Waals surface area contributed by atoms with Gasteiger partial charge in [-0.05, 0) is 31.8 Å². The minimum Gasteiger partial charge on any atom is -0.333 e. The van der Waals surface area contributed by atoms with Crippen LogP contribution >= 0.6 is 0 Å². The lowest BCUT2D eigenvalue weighted by Gasteiger charge is -2.45. The lowest BCUT2D eigenvalue weighted by molar-refractivity contribution is 0.0570. The van der Waals surface area contributed by atoms with E-state index in [0.29, 0.717) is 6.04 Å². The van der Waals surface area contributed by atoms with E-state index >= 15 is 0 Å². The zero-order chi connectivity index (χ0) is 8.67. The highest BCUT2D eigenvalue weighted by molar-refractivity contribution is 4.93. The molecule has 1 atom stereocenters. The molecule has 1 aromatic heterocycles. The Balaban J connectivity index is 1.85. The Bertz CT molecular complexity index is 272. The molecule has 0 aliphatic carbocycles. The van der Waals surface area contributed by atoms with Gasteiger partial charge in [-0.2, -0.15) is 0 Å². The molecule has 0 unspecified atom stereocenters. The van der Waals surface area contributed by atoms with E-state index < -0.39 is 0 Å². The highest BCUT2D eigenvalue weighted by atomic mass is 15.2. The molecule has 2 bridgehead atoms. The van der Waals surface area contributed by atoms with Gasteiger partial charge in [-0.1, -0.05) is 0 Å².